The fourth-order valence-electron chi connectivity index (χ4n) is 1.87. The van der Waals surface area contributed by atoms with Gasteiger partial charge in [-0.15, -0.1) is 0 Å². The summed E-state index contributed by atoms with van der Waals surface area (Å²) >= 11 is 9.00. The van der Waals surface area contributed by atoms with Gasteiger partial charge in [0, 0.05) is 5.02 Å². The van der Waals surface area contributed by atoms with Gasteiger partial charge >= 0.3 is 0 Å². The molecule has 102 valence electrons. The van der Waals surface area contributed by atoms with Crippen molar-refractivity contribution in [1.82, 2.24) is 0 Å². The number of rotatable bonds is 2. The lowest BCUT2D eigenvalue weighted by atomic mass is 10.1. The van der Waals surface area contributed by atoms with Crippen LogP contribution in [0.15, 0.2) is 28.7 Å². The molecule has 2 nitrogen and oxygen atoms in total. The molecule has 0 aliphatic carbocycles. The number of ether oxygens (including phenoxy) is 1. The Morgan fingerprint density at radius 1 is 1.25 bits per heavy atom. The van der Waals surface area contributed by atoms with Crippen molar-refractivity contribution in [2.75, 3.05) is 0 Å². The van der Waals surface area contributed by atoms with E-state index in [1.165, 1.54) is 12.1 Å². The Labute approximate surface area is 129 Å². The second-order valence-corrected chi connectivity index (χ2v) is 5.55. The summed E-state index contributed by atoms with van der Waals surface area (Å²) in [6.45, 7) is 3.68. The van der Waals surface area contributed by atoms with E-state index in [1.54, 1.807) is 12.1 Å². The topological polar surface area (TPSA) is 33.0 Å². The Morgan fingerprint density at radius 2 is 1.85 bits per heavy atom. The van der Waals surface area contributed by atoms with Crippen LogP contribution < -0.4 is 4.74 Å². The van der Waals surface area contributed by atoms with Crippen molar-refractivity contribution in [3.05, 3.63) is 56.3 Å². The Bertz CT molecular complexity index is 702. The van der Waals surface area contributed by atoms with Crippen molar-refractivity contribution in [2.45, 2.75) is 13.8 Å². The fraction of sp³-hybridized carbons (Fsp3) is 0.133. The van der Waals surface area contributed by atoms with Gasteiger partial charge in [-0.3, -0.25) is 0 Å². The van der Waals surface area contributed by atoms with Crippen LogP contribution in [0, 0.1) is 31.0 Å². The van der Waals surface area contributed by atoms with Gasteiger partial charge in [0.05, 0.1) is 10.0 Å². The average Bonchev–Trinajstić information content (AvgIpc) is 2.38. The molecule has 2 rings (SSSR count). The van der Waals surface area contributed by atoms with Gasteiger partial charge in [0.2, 0.25) is 0 Å². The van der Waals surface area contributed by atoms with Gasteiger partial charge < -0.3 is 4.74 Å². The van der Waals surface area contributed by atoms with Gasteiger partial charge in [-0.1, -0.05) is 11.6 Å². The summed E-state index contributed by atoms with van der Waals surface area (Å²) < 4.78 is 19.9. The molecule has 5 heteroatoms. The molecule has 0 aliphatic heterocycles. The zero-order valence-electron chi connectivity index (χ0n) is 10.8. The molecule has 0 saturated heterocycles. The molecule has 0 aliphatic rings. The summed E-state index contributed by atoms with van der Waals surface area (Å²) in [5.74, 6) is 0.0205. The highest BCUT2D eigenvalue weighted by Gasteiger charge is 2.15. The summed E-state index contributed by atoms with van der Waals surface area (Å²) in [6.07, 6.45) is 0. The first kappa shape index (κ1) is 14.8. The predicted molar refractivity (Wildman–Crippen MR) is 79.8 cm³/mol. The van der Waals surface area contributed by atoms with E-state index in [0.29, 0.717) is 10.8 Å². The third kappa shape index (κ3) is 2.79. The van der Waals surface area contributed by atoms with Crippen molar-refractivity contribution in [1.29, 1.82) is 5.26 Å². The third-order valence-corrected chi connectivity index (χ3v) is 3.80. The minimum atomic E-state index is -0.599. The van der Waals surface area contributed by atoms with Crippen molar-refractivity contribution < 1.29 is 9.13 Å². The molecule has 0 heterocycles. The molecule has 0 saturated carbocycles. The quantitative estimate of drug-likeness (QED) is 0.711. The predicted octanol–water partition coefficient (Wildman–Crippen LogP) is 5.52. The summed E-state index contributed by atoms with van der Waals surface area (Å²) in [4.78, 5) is 0. The Kier molecular flexibility index (Phi) is 4.32. The lowest BCUT2D eigenvalue weighted by Crippen LogP contribution is -1.95. The maximum absolute atomic E-state index is 14.1. The zero-order chi connectivity index (χ0) is 14.9. The van der Waals surface area contributed by atoms with Gasteiger partial charge in [0.1, 0.15) is 11.8 Å². The molecule has 0 bridgehead atoms. The lowest BCUT2D eigenvalue weighted by molar-refractivity contribution is 0.435. The van der Waals surface area contributed by atoms with Gasteiger partial charge in [-0.2, -0.15) is 5.26 Å². The van der Waals surface area contributed by atoms with E-state index < -0.39 is 5.82 Å². The molecule has 20 heavy (non-hydrogen) atoms. The fourth-order valence-corrected chi connectivity index (χ4v) is 2.61. The Hall–Kier alpha value is -1.57. The molecule has 2 aromatic rings. The van der Waals surface area contributed by atoms with Crippen LogP contribution >= 0.6 is 27.5 Å². The molecule has 2 aromatic carbocycles. The van der Waals surface area contributed by atoms with Crippen molar-refractivity contribution in [2.24, 2.45) is 0 Å². The van der Waals surface area contributed by atoms with E-state index in [-0.39, 0.29) is 15.8 Å². The standard InChI is InChI=1S/C15H10BrClFNO/c1-8-5-11(17)6-9(2)15(8)20-12-4-3-10(7-19)13(16)14(12)18/h3-6H,1-2H3. The first-order valence-corrected chi connectivity index (χ1v) is 6.94. The summed E-state index contributed by atoms with van der Waals surface area (Å²) in [6, 6.07) is 8.34. The maximum Gasteiger partial charge on any atom is 0.181 e. The molecule has 0 unspecified atom stereocenters. The van der Waals surface area contributed by atoms with Crippen LogP contribution in [0.2, 0.25) is 5.02 Å². The van der Waals surface area contributed by atoms with Crippen molar-refractivity contribution in [3.63, 3.8) is 0 Å². The van der Waals surface area contributed by atoms with E-state index in [0.717, 1.165) is 11.1 Å². The number of benzene rings is 2. The molecule has 0 N–H and O–H groups in total. The number of halogens is 3. The monoisotopic (exact) mass is 353 g/mol. The molecular weight excluding hydrogens is 345 g/mol. The highest BCUT2D eigenvalue weighted by Crippen LogP contribution is 2.35. The van der Waals surface area contributed by atoms with Gasteiger partial charge in [-0.05, 0) is 65.2 Å². The van der Waals surface area contributed by atoms with E-state index in [4.69, 9.17) is 21.6 Å². The molecule has 0 amide bonds. The van der Waals surface area contributed by atoms with Crippen LogP contribution in [0.3, 0.4) is 0 Å². The Balaban J connectivity index is 2.47. The van der Waals surface area contributed by atoms with Crippen molar-refractivity contribution >= 4 is 27.5 Å². The molecule has 0 atom stereocenters. The number of nitrogens with zero attached hydrogens (tertiary/aromatic N) is 1. The molecular formula is C15H10BrClFNO. The highest BCUT2D eigenvalue weighted by atomic mass is 79.9. The molecule has 0 aromatic heterocycles. The number of nitriles is 1. The average molecular weight is 355 g/mol. The summed E-state index contributed by atoms with van der Waals surface area (Å²) in [5, 5.41) is 9.45. The number of hydrogen-bond acceptors (Lipinski definition) is 2. The van der Waals surface area contributed by atoms with Crippen LogP contribution in [0.4, 0.5) is 4.39 Å². The van der Waals surface area contributed by atoms with Crippen LogP contribution in [0.5, 0.6) is 11.5 Å². The van der Waals surface area contributed by atoms with Crippen LogP contribution in [-0.2, 0) is 0 Å². The first-order valence-electron chi connectivity index (χ1n) is 5.76. The van der Waals surface area contributed by atoms with Gasteiger partial charge in [-0.25, -0.2) is 4.39 Å². The maximum atomic E-state index is 14.1. The minimum absolute atomic E-state index is 0.0596. The zero-order valence-corrected chi connectivity index (χ0v) is 13.1. The second kappa shape index (κ2) is 5.82. The lowest BCUT2D eigenvalue weighted by Gasteiger charge is -2.13. The molecule has 0 fully saturated rings. The SMILES string of the molecule is Cc1cc(Cl)cc(C)c1Oc1ccc(C#N)c(Br)c1F. The van der Waals surface area contributed by atoms with Crippen LogP contribution in [0.25, 0.3) is 0 Å². The molecule has 0 spiro atoms. The summed E-state index contributed by atoms with van der Waals surface area (Å²) in [5.41, 5.74) is 1.85. The number of hydrogen-bond donors (Lipinski definition) is 0. The highest BCUT2D eigenvalue weighted by molar-refractivity contribution is 9.10. The normalized spacial score (nSPS) is 10.2. The minimum Gasteiger partial charge on any atom is -0.454 e. The molecule has 0 radical (unpaired) electrons. The second-order valence-electron chi connectivity index (χ2n) is 4.32. The van der Waals surface area contributed by atoms with Crippen molar-refractivity contribution in [3.8, 4) is 17.6 Å². The van der Waals surface area contributed by atoms with E-state index in [2.05, 4.69) is 15.9 Å². The summed E-state index contributed by atoms with van der Waals surface area (Å²) in [7, 11) is 0. The first-order chi connectivity index (χ1) is 9.43. The number of aryl methyl sites for hydroxylation is 2. The van der Waals surface area contributed by atoms with E-state index >= 15 is 0 Å². The largest absolute Gasteiger partial charge is 0.454 e. The third-order valence-electron chi connectivity index (χ3n) is 2.80. The van der Waals surface area contributed by atoms with Gasteiger partial charge in [0.15, 0.2) is 11.6 Å². The van der Waals surface area contributed by atoms with E-state index in [9.17, 15) is 4.39 Å². The van der Waals surface area contributed by atoms with Gasteiger partial charge in [0.25, 0.3) is 0 Å². The smallest absolute Gasteiger partial charge is 0.181 e. The van der Waals surface area contributed by atoms with E-state index in [1.807, 2.05) is 19.9 Å². The van der Waals surface area contributed by atoms with Crippen LogP contribution in [-0.4, -0.2) is 0 Å². The Morgan fingerprint density at radius 3 is 2.40 bits per heavy atom. The van der Waals surface area contributed by atoms with Crippen LogP contribution in [0.1, 0.15) is 16.7 Å².